The Kier molecular flexibility index (Phi) is 14.7. The lowest BCUT2D eigenvalue weighted by Gasteiger charge is -2.33. The standard InChI is InChI=1S/C26H46N4O3.C5H12/c1-3-4-5-11-22-26(21-13-14-21)28-16-17-33-23-12-7-6-9-20(23)10-8-15-27-24(31)18-29-25(32)19-30(22)2;1-5(2,3)4/h11,20-21,23,26,28H,3-10,12-19H2,1-2H3,(H,27,31)(H,29,32);1-4H3/b22-11-;. The first kappa shape index (κ1) is 32.6. The quantitative estimate of drug-likeness (QED) is 0.442. The molecule has 3 rings (SSSR count). The van der Waals surface area contributed by atoms with Crippen LogP contribution in [0.5, 0.6) is 0 Å². The molecule has 0 spiro atoms. The summed E-state index contributed by atoms with van der Waals surface area (Å²) in [6.45, 7) is 13.5. The number of carbonyl (C=O) groups excluding carboxylic acids is 2. The van der Waals surface area contributed by atoms with Crippen molar-refractivity contribution >= 4 is 11.8 Å². The van der Waals surface area contributed by atoms with Crippen molar-refractivity contribution in [3.8, 4) is 0 Å². The van der Waals surface area contributed by atoms with Crippen molar-refractivity contribution in [2.75, 3.05) is 39.8 Å². The number of ether oxygens (including phenoxy) is 1. The normalized spacial score (nSPS) is 28.2. The van der Waals surface area contributed by atoms with Gasteiger partial charge in [-0.1, -0.05) is 66.4 Å². The zero-order chi connectivity index (χ0) is 28.0. The van der Waals surface area contributed by atoms with E-state index in [1.165, 1.54) is 37.8 Å². The zero-order valence-electron chi connectivity index (χ0n) is 25.4. The lowest BCUT2D eigenvalue weighted by molar-refractivity contribution is -0.126. The SMILES string of the molecule is CC(C)(C)C.CCCC/C=C1/C(C2CC2)NCCOC2CCCCC2CCCNC(=O)CNC(=O)CN1C. The highest BCUT2D eigenvalue weighted by Crippen LogP contribution is 2.36. The van der Waals surface area contributed by atoms with Gasteiger partial charge in [0.25, 0.3) is 0 Å². The van der Waals surface area contributed by atoms with Gasteiger partial charge in [0.05, 0.1) is 25.8 Å². The Labute approximate surface area is 233 Å². The highest BCUT2D eigenvalue weighted by Gasteiger charge is 2.35. The van der Waals surface area contributed by atoms with Gasteiger partial charge in [0, 0.05) is 31.9 Å². The molecule has 0 aromatic rings. The van der Waals surface area contributed by atoms with Crippen LogP contribution in [-0.2, 0) is 14.3 Å². The summed E-state index contributed by atoms with van der Waals surface area (Å²) in [5.41, 5.74) is 1.71. The highest BCUT2D eigenvalue weighted by atomic mass is 16.5. The number of hydrogen-bond donors (Lipinski definition) is 3. The number of amides is 2. The third-order valence-electron chi connectivity index (χ3n) is 7.30. The van der Waals surface area contributed by atoms with Crippen LogP contribution in [0.3, 0.4) is 0 Å². The predicted octanol–water partition coefficient (Wildman–Crippen LogP) is 5.01. The average molecular weight is 535 g/mol. The maximum absolute atomic E-state index is 12.6. The molecule has 7 nitrogen and oxygen atoms in total. The average Bonchev–Trinajstić information content (AvgIpc) is 3.68. The summed E-state index contributed by atoms with van der Waals surface area (Å²) in [5.74, 6) is 0.990. The molecule has 0 radical (unpaired) electrons. The number of fused-ring (bicyclic) bond motifs is 1. The number of carbonyl (C=O) groups is 2. The summed E-state index contributed by atoms with van der Waals surface area (Å²) in [7, 11) is 2.00. The molecule has 0 aromatic heterocycles. The first-order valence-corrected chi connectivity index (χ1v) is 15.4. The zero-order valence-corrected chi connectivity index (χ0v) is 25.4. The van der Waals surface area contributed by atoms with Gasteiger partial charge in [-0.05, 0) is 62.2 Å². The van der Waals surface area contributed by atoms with Crippen LogP contribution in [0.25, 0.3) is 0 Å². The van der Waals surface area contributed by atoms with Gasteiger partial charge in [-0.3, -0.25) is 9.59 Å². The number of hydrogen-bond acceptors (Lipinski definition) is 5. The molecule has 1 saturated heterocycles. The van der Waals surface area contributed by atoms with Crippen molar-refractivity contribution in [3.63, 3.8) is 0 Å². The molecule has 3 unspecified atom stereocenters. The number of allylic oxidation sites excluding steroid dienone is 1. The van der Waals surface area contributed by atoms with Crippen LogP contribution in [0.1, 0.15) is 105 Å². The fourth-order valence-corrected chi connectivity index (χ4v) is 5.26. The van der Waals surface area contributed by atoms with E-state index in [1.807, 2.05) is 7.05 Å². The Hall–Kier alpha value is -1.60. The van der Waals surface area contributed by atoms with Crippen LogP contribution in [0.2, 0.25) is 0 Å². The molecule has 1 heterocycles. The van der Waals surface area contributed by atoms with Crippen molar-refractivity contribution in [3.05, 3.63) is 11.8 Å². The van der Waals surface area contributed by atoms with Gasteiger partial charge in [0.1, 0.15) is 0 Å². The Morgan fingerprint density at radius 2 is 1.61 bits per heavy atom. The summed E-state index contributed by atoms with van der Waals surface area (Å²) >= 11 is 0. The van der Waals surface area contributed by atoms with Crippen molar-refractivity contribution in [1.82, 2.24) is 20.9 Å². The van der Waals surface area contributed by atoms with Gasteiger partial charge < -0.3 is 25.6 Å². The smallest absolute Gasteiger partial charge is 0.239 e. The largest absolute Gasteiger partial charge is 0.377 e. The third kappa shape index (κ3) is 14.0. The fourth-order valence-electron chi connectivity index (χ4n) is 5.26. The van der Waals surface area contributed by atoms with E-state index in [2.05, 4.69) is 61.5 Å². The molecule has 0 bridgehead atoms. The Balaban J connectivity index is 0.000000926. The molecule has 2 saturated carbocycles. The van der Waals surface area contributed by atoms with E-state index in [0.717, 1.165) is 51.7 Å². The first-order valence-electron chi connectivity index (χ1n) is 15.4. The molecule has 38 heavy (non-hydrogen) atoms. The number of nitrogens with one attached hydrogen (secondary N) is 3. The molecular formula is C31H58N4O3. The second kappa shape index (κ2) is 17.2. The van der Waals surface area contributed by atoms with Crippen LogP contribution in [-0.4, -0.2) is 68.7 Å². The van der Waals surface area contributed by atoms with Gasteiger partial charge in [0.2, 0.25) is 11.8 Å². The van der Waals surface area contributed by atoms with Crippen LogP contribution in [0.4, 0.5) is 0 Å². The van der Waals surface area contributed by atoms with Gasteiger partial charge in [-0.2, -0.15) is 0 Å². The van der Waals surface area contributed by atoms with Crippen molar-refractivity contribution in [1.29, 1.82) is 0 Å². The summed E-state index contributed by atoms with van der Waals surface area (Å²) in [6.07, 6.45) is 15.4. The summed E-state index contributed by atoms with van der Waals surface area (Å²) in [5, 5.41) is 9.54. The fraction of sp³-hybridized carbons (Fsp3) is 0.871. The van der Waals surface area contributed by atoms with Crippen LogP contribution in [0.15, 0.2) is 11.8 Å². The Morgan fingerprint density at radius 3 is 2.29 bits per heavy atom. The van der Waals surface area contributed by atoms with E-state index in [0.29, 0.717) is 29.9 Å². The second-order valence-electron chi connectivity index (χ2n) is 13.1. The van der Waals surface area contributed by atoms with Crippen LogP contribution < -0.4 is 16.0 Å². The lowest BCUT2D eigenvalue weighted by atomic mass is 9.83. The monoisotopic (exact) mass is 534 g/mol. The number of unbranched alkanes of at least 4 members (excludes halogenated alkanes) is 2. The Bertz CT molecular complexity index is 723. The number of likely N-dealkylation sites (N-methyl/N-ethyl adjacent to an activating group) is 1. The summed E-state index contributed by atoms with van der Waals surface area (Å²) in [6, 6.07) is 0.257. The van der Waals surface area contributed by atoms with Crippen molar-refractivity contribution in [2.24, 2.45) is 17.3 Å². The van der Waals surface area contributed by atoms with E-state index >= 15 is 0 Å². The lowest BCUT2D eigenvalue weighted by Crippen LogP contribution is -2.45. The highest BCUT2D eigenvalue weighted by molar-refractivity contribution is 5.85. The maximum atomic E-state index is 12.6. The molecular weight excluding hydrogens is 476 g/mol. The molecule has 3 atom stereocenters. The molecule has 3 fully saturated rings. The molecule has 2 aliphatic carbocycles. The van der Waals surface area contributed by atoms with Crippen molar-refractivity contribution < 1.29 is 14.3 Å². The maximum Gasteiger partial charge on any atom is 0.239 e. The van der Waals surface area contributed by atoms with E-state index < -0.39 is 0 Å². The number of nitrogens with zero attached hydrogens (tertiary/aromatic N) is 1. The van der Waals surface area contributed by atoms with E-state index in [4.69, 9.17) is 4.74 Å². The van der Waals surface area contributed by atoms with Crippen LogP contribution >= 0.6 is 0 Å². The van der Waals surface area contributed by atoms with Gasteiger partial charge in [-0.15, -0.1) is 0 Å². The van der Waals surface area contributed by atoms with E-state index in [9.17, 15) is 9.59 Å². The van der Waals surface area contributed by atoms with Gasteiger partial charge in [-0.25, -0.2) is 0 Å². The summed E-state index contributed by atoms with van der Waals surface area (Å²) < 4.78 is 6.39. The molecule has 220 valence electrons. The van der Waals surface area contributed by atoms with E-state index in [-0.39, 0.29) is 30.9 Å². The minimum atomic E-state index is -0.113. The topological polar surface area (TPSA) is 82.7 Å². The number of rotatable bonds is 4. The van der Waals surface area contributed by atoms with Gasteiger partial charge in [0.15, 0.2) is 0 Å². The Morgan fingerprint density at radius 1 is 0.921 bits per heavy atom. The van der Waals surface area contributed by atoms with Gasteiger partial charge >= 0.3 is 0 Å². The molecule has 0 aromatic carbocycles. The van der Waals surface area contributed by atoms with Crippen molar-refractivity contribution in [2.45, 2.75) is 117 Å². The van der Waals surface area contributed by atoms with E-state index in [1.54, 1.807) is 0 Å². The molecule has 2 amide bonds. The molecule has 3 aliphatic rings. The third-order valence-corrected chi connectivity index (χ3v) is 7.30. The minimum absolute atomic E-state index is 0.0427. The first-order chi connectivity index (χ1) is 18.1. The molecule has 7 heteroatoms. The predicted molar refractivity (Wildman–Crippen MR) is 157 cm³/mol. The van der Waals surface area contributed by atoms with Crippen LogP contribution in [0, 0.1) is 17.3 Å². The molecule has 3 N–H and O–H groups in total. The molecule has 1 aliphatic heterocycles. The minimum Gasteiger partial charge on any atom is -0.377 e. The summed E-state index contributed by atoms with van der Waals surface area (Å²) in [4.78, 5) is 26.8. The second-order valence-corrected chi connectivity index (χ2v) is 13.1.